The number of hydrogen-bond donors (Lipinski definition) is 3. The number of amides is 1. The molecule has 0 spiro atoms. The van der Waals surface area contributed by atoms with Crippen LogP contribution in [0.25, 0.3) is 5.57 Å². The highest BCUT2D eigenvalue weighted by molar-refractivity contribution is 7.85. The minimum atomic E-state index is -3.67. The van der Waals surface area contributed by atoms with Crippen molar-refractivity contribution in [2.45, 2.75) is 33.1 Å². The molecule has 1 aromatic rings. The van der Waals surface area contributed by atoms with Gasteiger partial charge in [-0.2, -0.15) is 13.4 Å². The fraction of sp³-hybridized carbons (Fsp3) is 0.375. The quantitative estimate of drug-likeness (QED) is 0.397. The summed E-state index contributed by atoms with van der Waals surface area (Å²) in [5.74, 6) is -0.495. The summed E-state index contributed by atoms with van der Waals surface area (Å²) in [5.41, 5.74) is 16.0. The molecule has 5 N–H and O–H groups in total. The molecule has 7 nitrogen and oxygen atoms in total. The van der Waals surface area contributed by atoms with Gasteiger partial charge in [-0.25, -0.2) is 0 Å². The van der Waals surface area contributed by atoms with Crippen LogP contribution in [0.1, 0.15) is 36.5 Å². The second-order valence-corrected chi connectivity index (χ2v) is 7.10. The molecule has 1 aliphatic rings. The molecule has 1 amide bonds. The lowest BCUT2D eigenvalue weighted by Gasteiger charge is -2.11. The van der Waals surface area contributed by atoms with Gasteiger partial charge in [-0.05, 0) is 55.4 Å². The van der Waals surface area contributed by atoms with Crippen LogP contribution in [0.2, 0.25) is 0 Å². The van der Waals surface area contributed by atoms with Crippen molar-refractivity contribution in [3.8, 4) is 0 Å². The molecule has 1 aliphatic carbocycles. The van der Waals surface area contributed by atoms with E-state index >= 15 is 0 Å². The minimum Gasteiger partial charge on any atom is -0.370 e. The Morgan fingerprint density at radius 3 is 2.33 bits per heavy atom. The largest absolute Gasteiger partial charge is 0.370 e. The third-order valence-corrected chi connectivity index (χ3v) is 3.61. The summed E-state index contributed by atoms with van der Waals surface area (Å²) >= 11 is 0. The van der Waals surface area contributed by atoms with Gasteiger partial charge in [-0.15, -0.1) is 0 Å². The molecular weight excluding hydrogens is 330 g/mol. The fourth-order valence-corrected chi connectivity index (χ4v) is 2.63. The highest BCUT2D eigenvalue weighted by atomic mass is 32.2. The van der Waals surface area contributed by atoms with E-state index in [4.69, 9.17) is 16.0 Å². The molecule has 0 atom stereocenters. The Labute approximate surface area is 142 Å². The molecule has 24 heavy (non-hydrogen) atoms. The molecule has 0 unspecified atom stereocenters. The van der Waals surface area contributed by atoms with E-state index < -0.39 is 10.1 Å². The first-order chi connectivity index (χ1) is 11.0. The Balaban J connectivity index is 0.000000505. The van der Waals surface area contributed by atoms with Crippen molar-refractivity contribution in [2.75, 3.05) is 6.26 Å². The summed E-state index contributed by atoms with van der Waals surface area (Å²) in [6.07, 6.45) is 3.36. The standard InChI is InChI=1S/C15H19N3O.CH4O3S/c1-9-5-3-7-12-10(2)13(8-4-6-11(9)12)14(19)18-15(16)17;1-5(2,3)4/h3,5,7H,4,6,8H2,1-2H3,(H4,16,17,18,19);1H3,(H,2,3,4). The number of carbonyl (C=O) groups excluding carboxylic acids is 1. The number of nitrogens with zero attached hydrogens (tertiary/aromatic N) is 1. The number of aliphatic imine (C=N–C) groups is 1. The van der Waals surface area contributed by atoms with Gasteiger partial charge in [0.25, 0.3) is 16.0 Å². The van der Waals surface area contributed by atoms with E-state index in [9.17, 15) is 13.2 Å². The third kappa shape index (κ3) is 6.13. The van der Waals surface area contributed by atoms with Crippen LogP contribution in [0.15, 0.2) is 28.8 Å². The van der Waals surface area contributed by atoms with Crippen molar-refractivity contribution in [2.24, 2.45) is 16.5 Å². The highest BCUT2D eigenvalue weighted by Crippen LogP contribution is 2.32. The Kier molecular flexibility index (Phi) is 6.68. The third-order valence-electron chi connectivity index (χ3n) is 3.61. The maximum atomic E-state index is 12.1. The Hall–Kier alpha value is -2.19. The van der Waals surface area contributed by atoms with Crippen molar-refractivity contribution in [3.63, 3.8) is 0 Å². The molecule has 0 fully saturated rings. The van der Waals surface area contributed by atoms with Crippen molar-refractivity contribution in [3.05, 3.63) is 40.5 Å². The van der Waals surface area contributed by atoms with Gasteiger partial charge in [0.15, 0.2) is 5.96 Å². The zero-order chi connectivity index (χ0) is 18.5. The summed E-state index contributed by atoms with van der Waals surface area (Å²) in [6, 6.07) is 6.19. The molecule has 0 heterocycles. The number of allylic oxidation sites excluding steroid dienone is 1. The van der Waals surface area contributed by atoms with Gasteiger partial charge >= 0.3 is 0 Å². The first kappa shape index (κ1) is 19.9. The molecule has 1 aromatic carbocycles. The Morgan fingerprint density at radius 1 is 1.21 bits per heavy atom. The minimum absolute atomic E-state index is 0.181. The van der Waals surface area contributed by atoms with Crippen molar-refractivity contribution >= 4 is 27.6 Å². The van der Waals surface area contributed by atoms with E-state index in [0.29, 0.717) is 6.26 Å². The van der Waals surface area contributed by atoms with E-state index in [1.807, 2.05) is 13.0 Å². The second-order valence-electron chi connectivity index (χ2n) is 5.63. The van der Waals surface area contributed by atoms with Gasteiger partial charge in [0.1, 0.15) is 0 Å². The summed E-state index contributed by atoms with van der Waals surface area (Å²) in [4.78, 5) is 15.7. The smallest absolute Gasteiger partial charge is 0.276 e. The summed E-state index contributed by atoms with van der Waals surface area (Å²) in [5, 5.41) is 0. The summed E-state index contributed by atoms with van der Waals surface area (Å²) < 4.78 is 25.9. The molecule has 8 heteroatoms. The first-order valence-electron chi connectivity index (χ1n) is 7.35. The highest BCUT2D eigenvalue weighted by Gasteiger charge is 2.19. The molecule has 0 aliphatic heterocycles. The Bertz CT molecular complexity index is 784. The molecule has 0 radical (unpaired) electrons. The number of benzene rings is 1. The van der Waals surface area contributed by atoms with Gasteiger partial charge in [-0.1, -0.05) is 18.2 Å². The predicted molar refractivity (Wildman–Crippen MR) is 95.0 cm³/mol. The van der Waals surface area contributed by atoms with E-state index in [-0.39, 0.29) is 11.9 Å². The predicted octanol–water partition coefficient (Wildman–Crippen LogP) is 1.41. The van der Waals surface area contributed by atoms with Crippen molar-refractivity contribution in [1.82, 2.24) is 0 Å². The van der Waals surface area contributed by atoms with Crippen LogP contribution < -0.4 is 11.5 Å². The molecule has 0 aromatic heterocycles. The average Bonchev–Trinajstić information content (AvgIpc) is 2.57. The molecule has 2 rings (SSSR count). The zero-order valence-electron chi connectivity index (χ0n) is 14.0. The average molecular weight is 353 g/mol. The maximum absolute atomic E-state index is 12.1. The second kappa shape index (κ2) is 8.07. The van der Waals surface area contributed by atoms with Crippen LogP contribution in [0.3, 0.4) is 0 Å². The Morgan fingerprint density at radius 2 is 1.79 bits per heavy atom. The molecule has 0 bridgehead atoms. The summed E-state index contributed by atoms with van der Waals surface area (Å²) in [6.45, 7) is 4.08. The van der Waals surface area contributed by atoms with Crippen molar-refractivity contribution in [1.29, 1.82) is 0 Å². The van der Waals surface area contributed by atoms with Crippen LogP contribution in [-0.2, 0) is 21.3 Å². The van der Waals surface area contributed by atoms with Crippen molar-refractivity contribution < 1.29 is 17.8 Å². The van der Waals surface area contributed by atoms with Gasteiger partial charge < -0.3 is 11.5 Å². The number of rotatable bonds is 1. The fourth-order valence-electron chi connectivity index (χ4n) is 2.63. The summed E-state index contributed by atoms with van der Waals surface area (Å²) in [7, 11) is -3.67. The van der Waals surface area contributed by atoms with E-state index in [2.05, 4.69) is 24.0 Å². The molecule has 0 saturated carbocycles. The van der Waals surface area contributed by atoms with Gasteiger partial charge in [-0.3, -0.25) is 9.35 Å². The number of aryl methyl sites for hydroxylation is 1. The zero-order valence-corrected chi connectivity index (χ0v) is 14.9. The number of hydrogen-bond acceptors (Lipinski definition) is 3. The van der Waals surface area contributed by atoms with Crippen LogP contribution in [0, 0.1) is 6.92 Å². The van der Waals surface area contributed by atoms with Crippen LogP contribution in [0.4, 0.5) is 0 Å². The number of fused-ring (bicyclic) bond motifs is 1. The molecule has 132 valence electrons. The maximum Gasteiger partial charge on any atom is 0.276 e. The number of guanidine groups is 1. The van der Waals surface area contributed by atoms with Crippen LogP contribution in [-0.4, -0.2) is 31.1 Å². The SMILES string of the molecule is CC1=C(C(=O)N=C(N)N)CCCc2c(C)cccc21.CS(=O)(=O)O. The lowest BCUT2D eigenvalue weighted by Crippen LogP contribution is -2.24. The molecular formula is C16H23N3O4S. The van der Waals surface area contributed by atoms with E-state index in [0.717, 1.165) is 36.0 Å². The monoisotopic (exact) mass is 353 g/mol. The first-order valence-corrected chi connectivity index (χ1v) is 9.20. The normalized spacial score (nSPS) is 14.0. The van der Waals surface area contributed by atoms with Crippen LogP contribution >= 0.6 is 0 Å². The molecule has 0 saturated heterocycles. The van der Waals surface area contributed by atoms with Gasteiger partial charge in [0.05, 0.1) is 6.26 Å². The van der Waals surface area contributed by atoms with Crippen LogP contribution in [0.5, 0.6) is 0 Å². The number of carbonyl (C=O) groups is 1. The lowest BCUT2D eigenvalue weighted by atomic mass is 9.94. The van der Waals surface area contributed by atoms with Gasteiger partial charge in [0.2, 0.25) is 0 Å². The number of nitrogens with two attached hydrogens (primary N) is 2. The lowest BCUT2D eigenvalue weighted by molar-refractivity contribution is -0.114. The van der Waals surface area contributed by atoms with E-state index in [1.165, 1.54) is 11.1 Å². The topological polar surface area (TPSA) is 136 Å². The van der Waals surface area contributed by atoms with E-state index in [1.54, 1.807) is 0 Å². The van der Waals surface area contributed by atoms with Gasteiger partial charge in [0, 0.05) is 5.57 Å².